The summed E-state index contributed by atoms with van der Waals surface area (Å²) in [4.78, 5) is 2.56. The van der Waals surface area contributed by atoms with Crippen LogP contribution >= 0.6 is 0 Å². The first-order valence-electron chi connectivity index (χ1n) is 5.77. The van der Waals surface area contributed by atoms with Crippen molar-refractivity contribution in [2.24, 2.45) is 11.8 Å². The largest absolute Gasteiger partial charge is 0.391 e. The average molecular weight is 181 g/mol. The summed E-state index contributed by atoms with van der Waals surface area (Å²) in [7, 11) is 0. The number of aliphatic hydroxyl groups is 1. The van der Waals surface area contributed by atoms with Crippen LogP contribution in [-0.4, -0.2) is 35.2 Å². The van der Waals surface area contributed by atoms with Crippen molar-refractivity contribution in [2.75, 3.05) is 13.1 Å². The third kappa shape index (κ3) is 1.23. The number of rotatable bonds is 1. The molecule has 0 amide bonds. The van der Waals surface area contributed by atoms with Gasteiger partial charge in [-0.25, -0.2) is 0 Å². The number of fused-ring (bicyclic) bond motifs is 1. The van der Waals surface area contributed by atoms with Crippen molar-refractivity contribution in [2.45, 2.75) is 44.2 Å². The smallest absolute Gasteiger partial charge is 0.0696 e. The Morgan fingerprint density at radius 3 is 2.08 bits per heavy atom. The molecule has 0 aromatic rings. The zero-order valence-corrected chi connectivity index (χ0v) is 8.15. The van der Waals surface area contributed by atoms with Gasteiger partial charge in [-0.1, -0.05) is 6.42 Å². The first-order chi connectivity index (χ1) is 6.34. The standard InChI is InChI=1S/C11H19NO/c13-11-5-4-10(11)12-6-8-2-1-3-9(8)7-12/h8-11,13H,1-7H2. The highest BCUT2D eigenvalue weighted by molar-refractivity contribution is 4.96. The normalized spacial score (nSPS) is 50.5. The molecule has 1 aliphatic heterocycles. The lowest BCUT2D eigenvalue weighted by molar-refractivity contribution is -0.0140. The topological polar surface area (TPSA) is 23.5 Å². The predicted molar refractivity (Wildman–Crippen MR) is 51.4 cm³/mol. The summed E-state index contributed by atoms with van der Waals surface area (Å²) in [6.07, 6.45) is 6.63. The van der Waals surface area contributed by atoms with Crippen LogP contribution in [0.15, 0.2) is 0 Å². The molecule has 1 heterocycles. The lowest BCUT2D eigenvalue weighted by atomic mass is 9.88. The van der Waals surface area contributed by atoms with Crippen LogP contribution in [0.3, 0.4) is 0 Å². The van der Waals surface area contributed by atoms with Crippen LogP contribution in [0.5, 0.6) is 0 Å². The molecule has 4 unspecified atom stereocenters. The highest BCUT2D eigenvalue weighted by Gasteiger charge is 2.43. The van der Waals surface area contributed by atoms with E-state index in [1.165, 1.54) is 38.8 Å². The molecule has 2 nitrogen and oxygen atoms in total. The van der Waals surface area contributed by atoms with E-state index in [2.05, 4.69) is 4.90 Å². The van der Waals surface area contributed by atoms with Gasteiger partial charge in [-0.05, 0) is 37.5 Å². The second kappa shape index (κ2) is 2.96. The van der Waals surface area contributed by atoms with Crippen LogP contribution in [0.2, 0.25) is 0 Å². The van der Waals surface area contributed by atoms with E-state index in [4.69, 9.17) is 0 Å². The molecule has 0 aromatic carbocycles. The van der Waals surface area contributed by atoms with Crippen molar-refractivity contribution in [1.82, 2.24) is 4.90 Å². The number of nitrogens with zero attached hydrogens (tertiary/aromatic N) is 1. The van der Waals surface area contributed by atoms with E-state index in [1.54, 1.807) is 0 Å². The molecule has 0 radical (unpaired) electrons. The Balaban J connectivity index is 1.63. The first-order valence-corrected chi connectivity index (χ1v) is 5.77. The summed E-state index contributed by atoms with van der Waals surface area (Å²) in [6.45, 7) is 2.57. The Kier molecular flexibility index (Phi) is 1.88. The van der Waals surface area contributed by atoms with Crippen LogP contribution < -0.4 is 0 Å². The number of aliphatic hydroxyl groups excluding tert-OH is 1. The van der Waals surface area contributed by atoms with Gasteiger partial charge in [0.25, 0.3) is 0 Å². The monoisotopic (exact) mass is 181 g/mol. The molecule has 74 valence electrons. The van der Waals surface area contributed by atoms with E-state index < -0.39 is 0 Å². The van der Waals surface area contributed by atoms with Crippen LogP contribution in [-0.2, 0) is 0 Å². The molecular weight excluding hydrogens is 162 g/mol. The lowest BCUT2D eigenvalue weighted by Crippen LogP contribution is -2.49. The van der Waals surface area contributed by atoms with Gasteiger partial charge in [-0.2, -0.15) is 0 Å². The van der Waals surface area contributed by atoms with Gasteiger partial charge in [-0.15, -0.1) is 0 Å². The summed E-state index contributed by atoms with van der Waals surface area (Å²) in [5.74, 6) is 1.96. The Labute approximate surface area is 79.9 Å². The molecular formula is C11H19NO. The van der Waals surface area contributed by atoms with Gasteiger partial charge < -0.3 is 5.11 Å². The molecule has 13 heavy (non-hydrogen) atoms. The second-order valence-electron chi connectivity index (χ2n) is 5.12. The van der Waals surface area contributed by atoms with E-state index in [9.17, 15) is 5.11 Å². The van der Waals surface area contributed by atoms with Gasteiger partial charge in [0.15, 0.2) is 0 Å². The van der Waals surface area contributed by atoms with Crippen molar-refractivity contribution in [3.8, 4) is 0 Å². The minimum Gasteiger partial charge on any atom is -0.391 e. The van der Waals surface area contributed by atoms with Gasteiger partial charge in [-0.3, -0.25) is 4.90 Å². The van der Waals surface area contributed by atoms with Gasteiger partial charge >= 0.3 is 0 Å². The third-order valence-corrected chi connectivity index (χ3v) is 4.43. The van der Waals surface area contributed by atoms with Crippen molar-refractivity contribution in [3.05, 3.63) is 0 Å². The fourth-order valence-corrected chi connectivity index (χ4v) is 3.43. The second-order valence-corrected chi connectivity index (χ2v) is 5.12. The Bertz CT molecular complexity index is 194. The van der Waals surface area contributed by atoms with Crippen LogP contribution in [0.1, 0.15) is 32.1 Å². The molecule has 2 saturated carbocycles. The zero-order chi connectivity index (χ0) is 8.84. The number of hydrogen-bond acceptors (Lipinski definition) is 2. The molecule has 0 bridgehead atoms. The Morgan fingerprint density at radius 2 is 1.62 bits per heavy atom. The van der Waals surface area contributed by atoms with Gasteiger partial charge in [0.2, 0.25) is 0 Å². The van der Waals surface area contributed by atoms with E-state index in [1.807, 2.05) is 0 Å². The minimum atomic E-state index is -0.00109. The molecule has 0 spiro atoms. The van der Waals surface area contributed by atoms with E-state index >= 15 is 0 Å². The SMILES string of the molecule is OC1CCC1N1CC2CCCC2C1. The zero-order valence-electron chi connectivity index (χ0n) is 8.15. The molecule has 3 fully saturated rings. The van der Waals surface area contributed by atoms with Crippen molar-refractivity contribution in [3.63, 3.8) is 0 Å². The van der Waals surface area contributed by atoms with E-state index in [0.29, 0.717) is 6.04 Å². The van der Waals surface area contributed by atoms with Gasteiger partial charge in [0, 0.05) is 19.1 Å². The molecule has 3 rings (SSSR count). The van der Waals surface area contributed by atoms with Crippen LogP contribution in [0.4, 0.5) is 0 Å². The van der Waals surface area contributed by atoms with Gasteiger partial charge in [0.05, 0.1) is 6.10 Å². The molecule has 0 aromatic heterocycles. The van der Waals surface area contributed by atoms with Crippen LogP contribution in [0.25, 0.3) is 0 Å². The molecule has 4 atom stereocenters. The number of hydrogen-bond donors (Lipinski definition) is 1. The van der Waals surface area contributed by atoms with Crippen molar-refractivity contribution >= 4 is 0 Å². The molecule has 1 saturated heterocycles. The quantitative estimate of drug-likeness (QED) is 0.658. The third-order valence-electron chi connectivity index (χ3n) is 4.43. The van der Waals surface area contributed by atoms with E-state index in [-0.39, 0.29) is 6.10 Å². The molecule has 2 heteroatoms. The minimum absolute atomic E-state index is 0.00109. The summed E-state index contributed by atoms with van der Waals surface area (Å²) < 4.78 is 0. The Hall–Kier alpha value is -0.0800. The summed E-state index contributed by atoms with van der Waals surface area (Å²) in [5.41, 5.74) is 0. The fourth-order valence-electron chi connectivity index (χ4n) is 3.43. The highest BCUT2D eigenvalue weighted by Crippen LogP contribution is 2.41. The van der Waals surface area contributed by atoms with Gasteiger partial charge in [0.1, 0.15) is 0 Å². The maximum Gasteiger partial charge on any atom is 0.0696 e. The summed E-state index contributed by atoms with van der Waals surface area (Å²) >= 11 is 0. The Morgan fingerprint density at radius 1 is 0.923 bits per heavy atom. The maximum absolute atomic E-state index is 9.59. The lowest BCUT2D eigenvalue weighted by Gasteiger charge is -2.39. The molecule has 3 aliphatic rings. The summed E-state index contributed by atoms with van der Waals surface area (Å²) in [5, 5.41) is 9.59. The fraction of sp³-hybridized carbons (Fsp3) is 1.00. The summed E-state index contributed by atoms with van der Waals surface area (Å²) in [6, 6.07) is 0.533. The van der Waals surface area contributed by atoms with E-state index in [0.717, 1.165) is 18.3 Å². The van der Waals surface area contributed by atoms with Crippen molar-refractivity contribution in [1.29, 1.82) is 0 Å². The van der Waals surface area contributed by atoms with Crippen LogP contribution in [0, 0.1) is 11.8 Å². The average Bonchev–Trinajstić information content (AvgIpc) is 2.61. The maximum atomic E-state index is 9.59. The number of likely N-dealkylation sites (tertiary alicyclic amines) is 1. The highest BCUT2D eigenvalue weighted by atomic mass is 16.3. The van der Waals surface area contributed by atoms with Crippen molar-refractivity contribution < 1.29 is 5.11 Å². The predicted octanol–water partition coefficient (Wildman–Crippen LogP) is 1.24. The molecule has 1 N–H and O–H groups in total. The molecule has 2 aliphatic carbocycles. The first kappa shape index (κ1) is 8.25.